The van der Waals surface area contributed by atoms with Crippen molar-refractivity contribution in [2.75, 3.05) is 19.9 Å². The number of hydrogen-bond acceptors (Lipinski definition) is 5. The van der Waals surface area contributed by atoms with Crippen LogP contribution >= 0.6 is 12.4 Å². The highest BCUT2D eigenvalue weighted by Gasteiger charge is 2.14. The number of ether oxygens (including phenoxy) is 3. The summed E-state index contributed by atoms with van der Waals surface area (Å²) in [6.45, 7) is 1.01. The number of amides is 1. The lowest BCUT2D eigenvalue weighted by Crippen LogP contribution is -2.30. The molecule has 0 aliphatic carbocycles. The predicted molar refractivity (Wildman–Crippen MR) is 96.3 cm³/mol. The molecular weight excluding hydrogens is 344 g/mol. The van der Waals surface area contributed by atoms with Gasteiger partial charge in [-0.3, -0.25) is 4.79 Å². The quantitative estimate of drug-likeness (QED) is 0.737. The third kappa shape index (κ3) is 5.27. The highest BCUT2D eigenvalue weighted by molar-refractivity contribution is 5.85. The number of nitrogens with two attached hydrogens (primary N) is 1. The fourth-order valence-electron chi connectivity index (χ4n) is 2.42. The summed E-state index contributed by atoms with van der Waals surface area (Å²) in [5.41, 5.74) is 6.97. The van der Waals surface area contributed by atoms with Crippen molar-refractivity contribution in [2.24, 2.45) is 5.73 Å². The third-order valence-electron chi connectivity index (χ3n) is 3.67. The number of carbonyl (C=O) groups excluding carboxylic acids is 1. The van der Waals surface area contributed by atoms with Gasteiger partial charge in [0.1, 0.15) is 12.4 Å². The number of benzene rings is 2. The Kier molecular flexibility index (Phi) is 6.91. The van der Waals surface area contributed by atoms with Crippen LogP contribution in [-0.2, 0) is 4.79 Å². The molecule has 0 saturated carbocycles. The van der Waals surface area contributed by atoms with E-state index in [1.165, 1.54) is 0 Å². The van der Waals surface area contributed by atoms with Gasteiger partial charge in [-0.1, -0.05) is 30.3 Å². The van der Waals surface area contributed by atoms with Crippen LogP contribution in [0, 0.1) is 0 Å². The van der Waals surface area contributed by atoms with Gasteiger partial charge >= 0.3 is 0 Å². The largest absolute Gasteiger partial charge is 0.492 e. The molecule has 25 heavy (non-hydrogen) atoms. The van der Waals surface area contributed by atoms with E-state index >= 15 is 0 Å². The van der Waals surface area contributed by atoms with Gasteiger partial charge in [-0.2, -0.15) is 0 Å². The molecular formula is C18H21ClN2O4. The Morgan fingerprint density at radius 3 is 2.72 bits per heavy atom. The third-order valence-corrected chi connectivity index (χ3v) is 3.67. The van der Waals surface area contributed by atoms with E-state index in [1.807, 2.05) is 30.3 Å². The molecule has 7 heteroatoms. The molecule has 0 radical (unpaired) electrons. The van der Waals surface area contributed by atoms with Crippen LogP contribution in [0.3, 0.4) is 0 Å². The summed E-state index contributed by atoms with van der Waals surface area (Å²) in [6.07, 6.45) is 0.244. The first kappa shape index (κ1) is 18.9. The zero-order chi connectivity index (χ0) is 16.8. The normalized spacial score (nSPS) is 12.8. The SMILES string of the molecule is Cl.NC(CC(=O)NCCOc1ccc2c(c1)OCO2)c1ccccc1. The van der Waals surface area contributed by atoms with Gasteiger partial charge in [0.05, 0.1) is 6.54 Å². The van der Waals surface area contributed by atoms with Crippen LogP contribution in [0.5, 0.6) is 17.2 Å². The molecule has 0 saturated heterocycles. The summed E-state index contributed by atoms with van der Waals surface area (Å²) in [6, 6.07) is 14.6. The van der Waals surface area contributed by atoms with Gasteiger partial charge in [0, 0.05) is 18.5 Å². The summed E-state index contributed by atoms with van der Waals surface area (Å²) < 4.78 is 16.1. The number of halogens is 1. The first-order chi connectivity index (χ1) is 11.7. The van der Waals surface area contributed by atoms with Gasteiger partial charge in [-0.15, -0.1) is 12.4 Å². The second-order valence-electron chi connectivity index (χ2n) is 5.43. The van der Waals surface area contributed by atoms with Crippen LogP contribution < -0.4 is 25.3 Å². The molecule has 1 aliphatic heterocycles. The van der Waals surface area contributed by atoms with Gasteiger partial charge in [0.25, 0.3) is 0 Å². The molecule has 3 N–H and O–H groups in total. The second kappa shape index (κ2) is 9.15. The molecule has 2 aromatic carbocycles. The molecule has 1 atom stereocenters. The van der Waals surface area contributed by atoms with Crippen LogP contribution in [0.25, 0.3) is 0 Å². The van der Waals surface area contributed by atoms with E-state index < -0.39 is 0 Å². The van der Waals surface area contributed by atoms with E-state index in [4.69, 9.17) is 19.9 Å². The van der Waals surface area contributed by atoms with E-state index in [9.17, 15) is 4.79 Å². The highest BCUT2D eigenvalue weighted by atomic mass is 35.5. The van der Waals surface area contributed by atoms with Crippen molar-refractivity contribution >= 4 is 18.3 Å². The lowest BCUT2D eigenvalue weighted by molar-refractivity contribution is -0.121. The van der Waals surface area contributed by atoms with Crippen LogP contribution in [0.15, 0.2) is 48.5 Å². The van der Waals surface area contributed by atoms with Crippen molar-refractivity contribution in [1.82, 2.24) is 5.32 Å². The minimum atomic E-state index is -0.305. The average Bonchev–Trinajstić information content (AvgIpc) is 3.07. The zero-order valence-electron chi connectivity index (χ0n) is 13.6. The van der Waals surface area contributed by atoms with E-state index in [-0.39, 0.29) is 37.6 Å². The van der Waals surface area contributed by atoms with Crippen LogP contribution in [0.4, 0.5) is 0 Å². The standard InChI is InChI=1S/C18H20N2O4.ClH/c19-15(13-4-2-1-3-5-13)11-18(21)20-8-9-22-14-6-7-16-17(10-14)24-12-23-16;/h1-7,10,15H,8-9,11-12,19H2,(H,20,21);1H. The van der Waals surface area contributed by atoms with Crippen LogP contribution in [0.2, 0.25) is 0 Å². The maximum atomic E-state index is 11.9. The number of fused-ring (bicyclic) bond motifs is 1. The average molecular weight is 365 g/mol. The molecule has 2 aromatic rings. The minimum Gasteiger partial charge on any atom is -0.492 e. The Morgan fingerprint density at radius 1 is 1.16 bits per heavy atom. The fourth-order valence-corrected chi connectivity index (χ4v) is 2.42. The van der Waals surface area contributed by atoms with Crippen LogP contribution in [-0.4, -0.2) is 25.9 Å². The number of rotatable bonds is 7. The van der Waals surface area contributed by atoms with Crippen molar-refractivity contribution in [3.63, 3.8) is 0 Å². The van der Waals surface area contributed by atoms with Crippen molar-refractivity contribution in [3.8, 4) is 17.2 Å². The maximum Gasteiger partial charge on any atom is 0.231 e. The first-order valence-corrected chi connectivity index (χ1v) is 7.82. The Labute approximate surface area is 152 Å². The summed E-state index contributed by atoms with van der Waals surface area (Å²) in [4.78, 5) is 11.9. The van der Waals surface area contributed by atoms with Crippen molar-refractivity contribution in [1.29, 1.82) is 0 Å². The molecule has 3 rings (SSSR count). The fraction of sp³-hybridized carbons (Fsp3) is 0.278. The molecule has 1 aliphatic rings. The molecule has 1 amide bonds. The predicted octanol–water partition coefficient (Wildman–Crippen LogP) is 2.42. The van der Waals surface area contributed by atoms with Gasteiger partial charge < -0.3 is 25.3 Å². The van der Waals surface area contributed by atoms with E-state index in [2.05, 4.69) is 5.32 Å². The smallest absolute Gasteiger partial charge is 0.231 e. The van der Waals surface area contributed by atoms with Crippen LogP contribution in [0.1, 0.15) is 18.0 Å². The maximum absolute atomic E-state index is 11.9. The monoisotopic (exact) mass is 364 g/mol. The second-order valence-corrected chi connectivity index (χ2v) is 5.43. The summed E-state index contributed by atoms with van der Waals surface area (Å²) in [5.74, 6) is 1.96. The van der Waals surface area contributed by atoms with Gasteiger partial charge in [-0.25, -0.2) is 0 Å². The van der Waals surface area contributed by atoms with E-state index in [0.29, 0.717) is 30.4 Å². The summed E-state index contributed by atoms with van der Waals surface area (Å²) >= 11 is 0. The Balaban J connectivity index is 0.00000225. The van der Waals surface area contributed by atoms with Crippen molar-refractivity contribution < 1.29 is 19.0 Å². The lowest BCUT2D eigenvalue weighted by Gasteiger charge is -2.12. The summed E-state index contributed by atoms with van der Waals surface area (Å²) in [7, 11) is 0. The molecule has 6 nitrogen and oxygen atoms in total. The van der Waals surface area contributed by atoms with Crippen molar-refractivity contribution in [2.45, 2.75) is 12.5 Å². The van der Waals surface area contributed by atoms with Gasteiger partial charge in [-0.05, 0) is 17.7 Å². The van der Waals surface area contributed by atoms with Gasteiger partial charge in [0.2, 0.25) is 12.7 Å². The topological polar surface area (TPSA) is 82.8 Å². The minimum absolute atomic E-state index is 0. The molecule has 0 aromatic heterocycles. The molecule has 1 heterocycles. The number of carbonyl (C=O) groups is 1. The molecule has 0 spiro atoms. The Morgan fingerprint density at radius 2 is 1.92 bits per heavy atom. The zero-order valence-corrected chi connectivity index (χ0v) is 14.5. The molecule has 0 bridgehead atoms. The number of hydrogen-bond donors (Lipinski definition) is 2. The lowest BCUT2D eigenvalue weighted by atomic mass is 10.0. The van der Waals surface area contributed by atoms with E-state index in [0.717, 1.165) is 5.56 Å². The van der Waals surface area contributed by atoms with Gasteiger partial charge in [0.15, 0.2) is 11.5 Å². The van der Waals surface area contributed by atoms with E-state index in [1.54, 1.807) is 18.2 Å². The van der Waals surface area contributed by atoms with Crippen molar-refractivity contribution in [3.05, 3.63) is 54.1 Å². The Bertz CT molecular complexity index is 697. The highest BCUT2D eigenvalue weighted by Crippen LogP contribution is 2.34. The summed E-state index contributed by atoms with van der Waals surface area (Å²) in [5, 5.41) is 2.81. The molecule has 134 valence electrons. The molecule has 0 fully saturated rings. The molecule has 1 unspecified atom stereocenters. The first-order valence-electron chi connectivity index (χ1n) is 7.82. The number of nitrogens with one attached hydrogen (secondary N) is 1. The Hall–Kier alpha value is -2.44.